The Morgan fingerprint density at radius 2 is 1.65 bits per heavy atom. The number of carbonyl (C=O) groups excluding carboxylic acids is 3. The molecule has 7 heteroatoms. The minimum Gasteiger partial charge on any atom is -0.263 e. The first-order valence-electron chi connectivity index (χ1n) is 5.95. The highest BCUT2D eigenvalue weighted by Gasteiger charge is 2.47. The van der Waals surface area contributed by atoms with Gasteiger partial charge in [-0.1, -0.05) is 30.3 Å². The standard InChI is InChI=1S/C13H12F2N2O3/c1-8(9-5-3-2-4-6-9)17-12(19)11(18)16(13(17)20)7-10(14)15/h2-6,8,10H,7H2,1H3/t8-/m0/s1. The lowest BCUT2D eigenvalue weighted by Crippen LogP contribution is -2.37. The number of rotatable bonds is 4. The van der Waals surface area contributed by atoms with Crippen LogP contribution in [0.25, 0.3) is 0 Å². The molecule has 1 atom stereocenters. The molecule has 0 bridgehead atoms. The largest absolute Gasteiger partial charge is 0.334 e. The summed E-state index contributed by atoms with van der Waals surface area (Å²) >= 11 is 0. The highest BCUT2D eigenvalue weighted by atomic mass is 19.3. The van der Waals surface area contributed by atoms with Gasteiger partial charge in [-0.2, -0.15) is 0 Å². The molecule has 0 aromatic heterocycles. The lowest BCUT2D eigenvalue weighted by atomic mass is 10.1. The predicted octanol–water partition coefficient (Wildman–Crippen LogP) is 1.80. The van der Waals surface area contributed by atoms with Gasteiger partial charge < -0.3 is 0 Å². The third-order valence-electron chi connectivity index (χ3n) is 3.07. The smallest absolute Gasteiger partial charge is 0.263 e. The van der Waals surface area contributed by atoms with E-state index in [1.807, 2.05) is 0 Å². The zero-order valence-corrected chi connectivity index (χ0v) is 10.6. The Bertz CT molecular complexity index is 548. The van der Waals surface area contributed by atoms with E-state index in [2.05, 4.69) is 0 Å². The van der Waals surface area contributed by atoms with E-state index in [1.165, 1.54) is 0 Å². The molecule has 0 spiro atoms. The number of carbonyl (C=O) groups is 3. The van der Waals surface area contributed by atoms with Crippen molar-refractivity contribution < 1.29 is 23.2 Å². The Morgan fingerprint density at radius 1 is 1.05 bits per heavy atom. The molecule has 5 nitrogen and oxygen atoms in total. The predicted molar refractivity (Wildman–Crippen MR) is 64.8 cm³/mol. The average molecular weight is 282 g/mol. The number of imide groups is 2. The van der Waals surface area contributed by atoms with E-state index in [0.29, 0.717) is 10.5 Å². The number of nitrogens with zero attached hydrogens (tertiary/aromatic N) is 2. The fourth-order valence-electron chi connectivity index (χ4n) is 2.04. The van der Waals surface area contributed by atoms with Crippen LogP contribution in [0.5, 0.6) is 0 Å². The second-order valence-corrected chi connectivity index (χ2v) is 4.35. The summed E-state index contributed by atoms with van der Waals surface area (Å²) in [6, 6.07) is 6.87. The monoisotopic (exact) mass is 282 g/mol. The molecule has 1 saturated heterocycles. The Morgan fingerprint density at radius 3 is 2.20 bits per heavy atom. The molecule has 1 aliphatic rings. The van der Waals surface area contributed by atoms with E-state index in [1.54, 1.807) is 37.3 Å². The molecule has 1 aliphatic heterocycles. The Balaban J connectivity index is 2.27. The number of amides is 4. The number of hydrogen-bond donors (Lipinski definition) is 0. The molecule has 1 fully saturated rings. The molecule has 106 valence electrons. The van der Waals surface area contributed by atoms with Crippen molar-refractivity contribution in [2.75, 3.05) is 6.54 Å². The number of hydrogen-bond acceptors (Lipinski definition) is 3. The summed E-state index contributed by atoms with van der Waals surface area (Å²) < 4.78 is 24.7. The maximum absolute atomic E-state index is 12.3. The molecule has 20 heavy (non-hydrogen) atoms. The van der Waals surface area contributed by atoms with Crippen LogP contribution in [0.3, 0.4) is 0 Å². The van der Waals surface area contributed by atoms with Gasteiger partial charge in [0.2, 0.25) is 0 Å². The van der Waals surface area contributed by atoms with E-state index in [4.69, 9.17) is 0 Å². The number of halogens is 2. The molecule has 2 rings (SSSR count). The van der Waals surface area contributed by atoms with Crippen molar-refractivity contribution in [2.24, 2.45) is 0 Å². The normalized spacial score (nSPS) is 17.3. The first kappa shape index (κ1) is 14.1. The molecule has 1 heterocycles. The fourth-order valence-corrected chi connectivity index (χ4v) is 2.04. The molecule has 4 amide bonds. The maximum Gasteiger partial charge on any atom is 0.334 e. The number of urea groups is 1. The summed E-state index contributed by atoms with van der Waals surface area (Å²) in [6.45, 7) is 0.492. The van der Waals surface area contributed by atoms with Gasteiger partial charge in [0.25, 0.3) is 6.43 Å². The molecule has 1 aromatic carbocycles. The van der Waals surface area contributed by atoms with Gasteiger partial charge in [0, 0.05) is 0 Å². The highest BCUT2D eigenvalue weighted by Crippen LogP contribution is 2.26. The SMILES string of the molecule is C[C@@H](c1ccccc1)N1C(=O)C(=O)N(CC(F)F)C1=O. The quantitative estimate of drug-likeness (QED) is 0.625. The molecular weight excluding hydrogens is 270 g/mol. The van der Waals surface area contributed by atoms with Crippen LogP contribution in [-0.2, 0) is 9.59 Å². The van der Waals surface area contributed by atoms with Crippen LogP contribution in [0.2, 0.25) is 0 Å². The van der Waals surface area contributed by atoms with Crippen molar-refractivity contribution in [3.8, 4) is 0 Å². The van der Waals surface area contributed by atoms with Gasteiger partial charge in [-0.3, -0.25) is 9.59 Å². The fraction of sp³-hybridized carbons (Fsp3) is 0.308. The van der Waals surface area contributed by atoms with Crippen LogP contribution >= 0.6 is 0 Å². The molecular formula is C13H12F2N2O3. The summed E-state index contributed by atoms with van der Waals surface area (Å²) in [5.41, 5.74) is 0.640. The topological polar surface area (TPSA) is 57.7 Å². The van der Waals surface area contributed by atoms with E-state index in [9.17, 15) is 23.2 Å². The summed E-state index contributed by atoms with van der Waals surface area (Å²) in [4.78, 5) is 36.3. The van der Waals surface area contributed by atoms with E-state index >= 15 is 0 Å². The second kappa shape index (κ2) is 5.36. The molecule has 0 aliphatic carbocycles. The van der Waals surface area contributed by atoms with E-state index in [-0.39, 0.29) is 4.90 Å². The van der Waals surface area contributed by atoms with E-state index in [0.717, 1.165) is 0 Å². The average Bonchev–Trinajstić information content (AvgIpc) is 2.63. The number of benzene rings is 1. The van der Waals surface area contributed by atoms with Crippen molar-refractivity contribution in [1.82, 2.24) is 9.80 Å². The van der Waals surface area contributed by atoms with Crippen molar-refractivity contribution in [2.45, 2.75) is 19.4 Å². The molecule has 0 radical (unpaired) electrons. The minimum atomic E-state index is -2.87. The van der Waals surface area contributed by atoms with Crippen LogP contribution in [0.1, 0.15) is 18.5 Å². The Hall–Kier alpha value is -2.31. The summed E-state index contributed by atoms with van der Waals surface area (Å²) in [6.07, 6.45) is -2.87. The first-order chi connectivity index (χ1) is 9.43. The van der Waals surface area contributed by atoms with Gasteiger partial charge in [0.1, 0.15) is 0 Å². The van der Waals surface area contributed by atoms with Crippen LogP contribution < -0.4 is 0 Å². The molecule has 0 unspecified atom stereocenters. The van der Waals surface area contributed by atoms with Gasteiger partial charge in [-0.05, 0) is 12.5 Å². The van der Waals surface area contributed by atoms with Crippen molar-refractivity contribution in [1.29, 1.82) is 0 Å². The van der Waals surface area contributed by atoms with Crippen LogP contribution in [0.4, 0.5) is 13.6 Å². The minimum absolute atomic E-state index is 0.284. The first-order valence-corrected chi connectivity index (χ1v) is 5.95. The number of alkyl halides is 2. The third-order valence-corrected chi connectivity index (χ3v) is 3.07. The molecule has 0 saturated carbocycles. The summed E-state index contributed by atoms with van der Waals surface area (Å²) in [7, 11) is 0. The van der Waals surface area contributed by atoms with Crippen molar-refractivity contribution in [3.05, 3.63) is 35.9 Å². The lowest BCUT2D eigenvalue weighted by molar-refractivity contribution is -0.144. The highest BCUT2D eigenvalue weighted by molar-refractivity contribution is 6.44. The van der Waals surface area contributed by atoms with E-state index < -0.39 is 36.9 Å². The zero-order chi connectivity index (χ0) is 14.9. The van der Waals surface area contributed by atoms with Gasteiger partial charge >= 0.3 is 17.8 Å². The van der Waals surface area contributed by atoms with Crippen LogP contribution in [-0.4, -0.2) is 40.6 Å². The Kier molecular flexibility index (Phi) is 3.78. The van der Waals surface area contributed by atoms with Crippen molar-refractivity contribution in [3.63, 3.8) is 0 Å². The maximum atomic E-state index is 12.3. The van der Waals surface area contributed by atoms with Crippen molar-refractivity contribution >= 4 is 17.8 Å². The van der Waals surface area contributed by atoms with Crippen LogP contribution in [0, 0.1) is 0 Å². The van der Waals surface area contributed by atoms with Gasteiger partial charge in [0.15, 0.2) is 0 Å². The van der Waals surface area contributed by atoms with Crippen LogP contribution in [0.15, 0.2) is 30.3 Å². The summed E-state index contributed by atoms with van der Waals surface area (Å²) in [5.74, 6) is -2.29. The lowest BCUT2D eigenvalue weighted by Gasteiger charge is -2.22. The second-order valence-electron chi connectivity index (χ2n) is 4.35. The van der Waals surface area contributed by atoms with Gasteiger partial charge in [-0.25, -0.2) is 23.4 Å². The Labute approximate surface area is 113 Å². The van der Waals surface area contributed by atoms with Gasteiger partial charge in [-0.15, -0.1) is 0 Å². The molecule has 0 N–H and O–H groups in total. The van der Waals surface area contributed by atoms with Gasteiger partial charge in [0.05, 0.1) is 12.6 Å². The third kappa shape index (κ3) is 2.38. The zero-order valence-electron chi connectivity index (χ0n) is 10.6. The summed E-state index contributed by atoms with van der Waals surface area (Å²) in [5, 5.41) is 0. The molecule has 1 aromatic rings.